The first-order valence-corrected chi connectivity index (χ1v) is 6.70. The fourth-order valence-electron chi connectivity index (χ4n) is 1.83. The number of benzene rings is 1. The average molecular weight is 277 g/mol. The zero-order valence-electron chi connectivity index (χ0n) is 12.3. The summed E-state index contributed by atoms with van der Waals surface area (Å²) in [5, 5.41) is 5.42. The van der Waals surface area contributed by atoms with Crippen LogP contribution in [0.15, 0.2) is 24.3 Å². The van der Waals surface area contributed by atoms with E-state index in [-0.39, 0.29) is 23.9 Å². The van der Waals surface area contributed by atoms with Crippen LogP contribution in [0.2, 0.25) is 0 Å². The van der Waals surface area contributed by atoms with Crippen LogP contribution in [0.1, 0.15) is 36.7 Å². The van der Waals surface area contributed by atoms with Crippen LogP contribution in [0, 0.1) is 0 Å². The summed E-state index contributed by atoms with van der Waals surface area (Å²) in [7, 11) is 0. The van der Waals surface area contributed by atoms with Gasteiger partial charge in [-0.3, -0.25) is 9.59 Å². The number of hydrogen-bond donors (Lipinski definition) is 3. The molecule has 0 aliphatic rings. The lowest BCUT2D eigenvalue weighted by atomic mass is 10.0. The van der Waals surface area contributed by atoms with Gasteiger partial charge in [0.05, 0.1) is 6.54 Å². The molecule has 0 fully saturated rings. The Morgan fingerprint density at radius 2 is 1.85 bits per heavy atom. The van der Waals surface area contributed by atoms with Crippen molar-refractivity contribution in [3.63, 3.8) is 0 Å². The van der Waals surface area contributed by atoms with Gasteiger partial charge in [-0.15, -0.1) is 0 Å². The smallest absolute Gasteiger partial charge is 0.251 e. The number of amides is 2. The lowest BCUT2D eigenvalue weighted by Crippen LogP contribution is -2.45. The normalized spacial score (nSPS) is 11.0. The summed E-state index contributed by atoms with van der Waals surface area (Å²) in [6, 6.07) is 7.28. The van der Waals surface area contributed by atoms with Gasteiger partial charge in [-0.2, -0.15) is 0 Å². The van der Waals surface area contributed by atoms with Crippen molar-refractivity contribution >= 4 is 11.8 Å². The quantitative estimate of drug-likeness (QED) is 0.745. The van der Waals surface area contributed by atoms with Crippen molar-refractivity contribution in [1.29, 1.82) is 0 Å². The molecule has 0 atom stereocenters. The largest absolute Gasteiger partial charge is 0.350 e. The predicted octanol–water partition coefficient (Wildman–Crippen LogP) is 0.832. The molecule has 4 N–H and O–H groups in total. The lowest BCUT2D eigenvalue weighted by molar-refractivity contribution is -0.121. The Morgan fingerprint density at radius 1 is 1.20 bits per heavy atom. The SMILES string of the molecule is CC(C)(C)NC(=O)CNC(=O)c1ccccc1CCN. The van der Waals surface area contributed by atoms with Crippen molar-refractivity contribution in [2.24, 2.45) is 5.73 Å². The van der Waals surface area contributed by atoms with Crippen LogP contribution in [0.5, 0.6) is 0 Å². The van der Waals surface area contributed by atoms with Gasteiger partial charge in [-0.25, -0.2) is 0 Å². The highest BCUT2D eigenvalue weighted by Crippen LogP contribution is 2.08. The van der Waals surface area contributed by atoms with Crippen molar-refractivity contribution in [2.75, 3.05) is 13.1 Å². The standard InChI is InChI=1S/C15H23N3O2/c1-15(2,3)18-13(19)10-17-14(20)12-7-5-4-6-11(12)8-9-16/h4-7H,8-10,16H2,1-3H3,(H,17,20)(H,18,19). The van der Waals surface area contributed by atoms with Gasteiger partial charge < -0.3 is 16.4 Å². The lowest BCUT2D eigenvalue weighted by Gasteiger charge is -2.20. The van der Waals surface area contributed by atoms with Gasteiger partial charge in [-0.05, 0) is 45.4 Å². The zero-order chi connectivity index (χ0) is 15.2. The van der Waals surface area contributed by atoms with Crippen LogP contribution in [-0.4, -0.2) is 30.4 Å². The maximum atomic E-state index is 12.1. The third-order valence-corrected chi connectivity index (χ3v) is 2.60. The van der Waals surface area contributed by atoms with Gasteiger partial charge in [0.2, 0.25) is 5.91 Å². The van der Waals surface area contributed by atoms with Crippen molar-refractivity contribution in [3.8, 4) is 0 Å². The third kappa shape index (κ3) is 5.40. The Bertz CT molecular complexity index is 478. The molecule has 20 heavy (non-hydrogen) atoms. The van der Waals surface area contributed by atoms with E-state index in [1.807, 2.05) is 32.9 Å². The van der Waals surface area contributed by atoms with E-state index in [1.165, 1.54) is 0 Å². The summed E-state index contributed by atoms with van der Waals surface area (Å²) in [6.07, 6.45) is 0.637. The first-order chi connectivity index (χ1) is 9.33. The number of hydrogen-bond acceptors (Lipinski definition) is 3. The van der Waals surface area contributed by atoms with Crippen LogP contribution < -0.4 is 16.4 Å². The molecule has 2 amide bonds. The molecule has 0 bridgehead atoms. The van der Waals surface area contributed by atoms with E-state index in [0.717, 1.165) is 5.56 Å². The molecule has 110 valence electrons. The van der Waals surface area contributed by atoms with E-state index in [9.17, 15) is 9.59 Å². The van der Waals surface area contributed by atoms with Gasteiger partial charge in [-0.1, -0.05) is 18.2 Å². The number of carbonyl (C=O) groups excluding carboxylic acids is 2. The molecule has 0 aliphatic carbocycles. The summed E-state index contributed by atoms with van der Waals surface area (Å²) in [4.78, 5) is 23.7. The first-order valence-electron chi connectivity index (χ1n) is 6.70. The number of rotatable bonds is 5. The molecule has 0 saturated heterocycles. The second kappa shape index (κ2) is 7.05. The van der Waals surface area contributed by atoms with Crippen molar-refractivity contribution in [3.05, 3.63) is 35.4 Å². The second-order valence-electron chi connectivity index (χ2n) is 5.68. The minimum atomic E-state index is -0.306. The van der Waals surface area contributed by atoms with Crippen molar-refractivity contribution in [1.82, 2.24) is 10.6 Å². The van der Waals surface area contributed by atoms with Crippen LogP contribution in [0.3, 0.4) is 0 Å². The summed E-state index contributed by atoms with van der Waals surface area (Å²) in [5.41, 5.74) is 6.68. The summed E-state index contributed by atoms with van der Waals surface area (Å²) >= 11 is 0. The van der Waals surface area contributed by atoms with Gasteiger partial charge in [0.25, 0.3) is 5.91 Å². The van der Waals surface area contributed by atoms with Crippen molar-refractivity contribution in [2.45, 2.75) is 32.7 Å². The number of nitrogens with two attached hydrogens (primary N) is 1. The maximum Gasteiger partial charge on any atom is 0.251 e. The highest BCUT2D eigenvalue weighted by atomic mass is 16.2. The number of carbonyl (C=O) groups is 2. The minimum Gasteiger partial charge on any atom is -0.350 e. The summed E-state index contributed by atoms with van der Waals surface area (Å²) in [6.45, 7) is 6.12. The van der Waals surface area contributed by atoms with E-state index < -0.39 is 0 Å². The maximum absolute atomic E-state index is 12.1. The molecular formula is C15H23N3O2. The Balaban J connectivity index is 2.61. The molecule has 0 spiro atoms. The van der Waals surface area contributed by atoms with Gasteiger partial charge >= 0.3 is 0 Å². The molecule has 0 heterocycles. The molecule has 0 radical (unpaired) electrons. The fourth-order valence-corrected chi connectivity index (χ4v) is 1.83. The third-order valence-electron chi connectivity index (χ3n) is 2.60. The summed E-state index contributed by atoms with van der Waals surface area (Å²) in [5.74, 6) is -0.458. The van der Waals surface area contributed by atoms with E-state index in [0.29, 0.717) is 18.5 Å². The van der Waals surface area contributed by atoms with Gasteiger partial charge in [0, 0.05) is 11.1 Å². The molecule has 1 aromatic rings. The molecule has 1 rings (SSSR count). The monoisotopic (exact) mass is 277 g/mol. The van der Waals surface area contributed by atoms with Gasteiger partial charge in [0.1, 0.15) is 0 Å². The fraction of sp³-hybridized carbons (Fsp3) is 0.467. The zero-order valence-corrected chi connectivity index (χ0v) is 12.3. The van der Waals surface area contributed by atoms with E-state index in [1.54, 1.807) is 12.1 Å². The Morgan fingerprint density at radius 3 is 2.45 bits per heavy atom. The Labute approximate surface area is 119 Å². The highest BCUT2D eigenvalue weighted by Gasteiger charge is 2.15. The molecule has 0 saturated carbocycles. The molecule has 5 heteroatoms. The second-order valence-corrected chi connectivity index (χ2v) is 5.68. The topological polar surface area (TPSA) is 84.2 Å². The Hall–Kier alpha value is -1.88. The summed E-state index contributed by atoms with van der Waals surface area (Å²) < 4.78 is 0. The van der Waals surface area contributed by atoms with Crippen LogP contribution >= 0.6 is 0 Å². The van der Waals surface area contributed by atoms with Crippen LogP contribution in [0.4, 0.5) is 0 Å². The van der Waals surface area contributed by atoms with E-state index in [4.69, 9.17) is 5.73 Å². The molecule has 5 nitrogen and oxygen atoms in total. The van der Waals surface area contributed by atoms with Crippen LogP contribution in [-0.2, 0) is 11.2 Å². The molecule has 1 aromatic carbocycles. The molecular weight excluding hydrogens is 254 g/mol. The predicted molar refractivity (Wildman–Crippen MR) is 79.4 cm³/mol. The first kappa shape index (κ1) is 16.2. The molecule has 0 aromatic heterocycles. The molecule has 0 unspecified atom stereocenters. The van der Waals surface area contributed by atoms with E-state index >= 15 is 0 Å². The van der Waals surface area contributed by atoms with E-state index in [2.05, 4.69) is 10.6 Å². The highest BCUT2D eigenvalue weighted by molar-refractivity contribution is 5.97. The van der Waals surface area contributed by atoms with Crippen molar-refractivity contribution < 1.29 is 9.59 Å². The van der Waals surface area contributed by atoms with Crippen LogP contribution in [0.25, 0.3) is 0 Å². The minimum absolute atomic E-state index is 0.0347. The molecule has 0 aliphatic heterocycles. The Kier molecular flexibility index (Phi) is 5.70. The number of nitrogens with one attached hydrogen (secondary N) is 2. The average Bonchev–Trinajstić information content (AvgIpc) is 2.35. The van der Waals surface area contributed by atoms with Gasteiger partial charge in [0.15, 0.2) is 0 Å².